The molecule has 0 aliphatic rings. The predicted molar refractivity (Wildman–Crippen MR) is 97.0 cm³/mol. The molecule has 124 valence electrons. The number of rotatable bonds is 9. The van der Waals surface area contributed by atoms with E-state index in [2.05, 4.69) is 6.92 Å². The van der Waals surface area contributed by atoms with E-state index in [-0.39, 0.29) is 6.04 Å². The molecule has 1 atom stereocenters. The predicted octanol–water partition coefficient (Wildman–Crippen LogP) is 4.21. The second kappa shape index (κ2) is 8.75. The Kier molecular flexibility index (Phi) is 7.66. The van der Waals surface area contributed by atoms with Gasteiger partial charge in [0.15, 0.2) is 0 Å². The van der Waals surface area contributed by atoms with Crippen LogP contribution in [0.1, 0.15) is 52.0 Å². The second-order valence-corrected chi connectivity index (χ2v) is 8.57. The lowest BCUT2D eigenvalue weighted by atomic mass is 10.1. The van der Waals surface area contributed by atoms with Crippen LogP contribution in [0.4, 0.5) is 0 Å². The molecule has 0 heterocycles. The highest BCUT2D eigenvalue weighted by atomic mass is 32.2. The Morgan fingerprint density at radius 3 is 2.32 bits per heavy atom. The number of unbranched alkanes of at least 4 members (excludes halogenated alkanes) is 2. The SMILES string of the molecule is CCCCCc1ccc(S(=O)(=O)N(C)C(C)CC(C)=S)cc1. The van der Waals surface area contributed by atoms with Crippen LogP contribution in [-0.4, -0.2) is 30.7 Å². The van der Waals surface area contributed by atoms with Gasteiger partial charge in [-0.25, -0.2) is 8.42 Å². The molecule has 0 aliphatic carbocycles. The standard InChI is InChI=1S/C17H27NO2S2/c1-5-6-7-8-16-9-11-17(12-10-16)22(19,20)18(4)14(2)13-15(3)21/h9-12,14H,5-8,13H2,1-4H3. The van der Waals surface area contributed by atoms with Gasteiger partial charge in [-0.3, -0.25) is 0 Å². The van der Waals surface area contributed by atoms with Crippen molar-refractivity contribution in [3.8, 4) is 0 Å². The van der Waals surface area contributed by atoms with Crippen molar-refractivity contribution in [3.63, 3.8) is 0 Å². The maximum Gasteiger partial charge on any atom is 0.243 e. The number of hydrogen-bond acceptors (Lipinski definition) is 3. The summed E-state index contributed by atoms with van der Waals surface area (Å²) >= 11 is 5.08. The molecule has 22 heavy (non-hydrogen) atoms. The van der Waals surface area contributed by atoms with Crippen LogP contribution in [0.3, 0.4) is 0 Å². The lowest BCUT2D eigenvalue weighted by molar-refractivity contribution is 0.397. The normalized spacial score (nSPS) is 13.3. The quantitative estimate of drug-likeness (QED) is 0.499. The molecule has 0 aliphatic heterocycles. The fourth-order valence-corrected chi connectivity index (χ4v) is 3.96. The molecule has 1 unspecified atom stereocenters. The minimum absolute atomic E-state index is 0.133. The first-order chi connectivity index (χ1) is 10.3. The van der Waals surface area contributed by atoms with Crippen LogP contribution in [-0.2, 0) is 16.4 Å². The number of thiocarbonyl (C=S) groups is 1. The summed E-state index contributed by atoms with van der Waals surface area (Å²) in [6.45, 7) is 5.90. The molecule has 0 N–H and O–H groups in total. The molecule has 0 amide bonds. The van der Waals surface area contributed by atoms with Gasteiger partial charge in [0, 0.05) is 13.1 Å². The smallest absolute Gasteiger partial charge is 0.207 e. The minimum atomic E-state index is -3.45. The molecule has 1 rings (SSSR count). The molecule has 0 radical (unpaired) electrons. The molecular weight excluding hydrogens is 314 g/mol. The molecule has 0 bridgehead atoms. The molecule has 1 aromatic carbocycles. The summed E-state index contributed by atoms with van der Waals surface area (Å²) in [4.78, 5) is 1.17. The zero-order valence-electron chi connectivity index (χ0n) is 14.0. The van der Waals surface area contributed by atoms with Crippen LogP contribution in [0.2, 0.25) is 0 Å². The van der Waals surface area contributed by atoms with Crippen molar-refractivity contribution in [2.24, 2.45) is 0 Å². The third-order valence-electron chi connectivity index (χ3n) is 3.87. The minimum Gasteiger partial charge on any atom is -0.207 e. The maximum atomic E-state index is 12.6. The van der Waals surface area contributed by atoms with Crippen molar-refractivity contribution in [1.29, 1.82) is 0 Å². The Morgan fingerprint density at radius 2 is 1.82 bits per heavy atom. The largest absolute Gasteiger partial charge is 0.243 e. The second-order valence-electron chi connectivity index (χ2n) is 5.88. The Balaban J connectivity index is 2.82. The molecule has 3 nitrogen and oxygen atoms in total. The lowest BCUT2D eigenvalue weighted by Gasteiger charge is -2.24. The maximum absolute atomic E-state index is 12.6. The highest BCUT2D eigenvalue weighted by Crippen LogP contribution is 2.19. The van der Waals surface area contributed by atoms with Gasteiger partial charge >= 0.3 is 0 Å². The average molecular weight is 342 g/mol. The van der Waals surface area contributed by atoms with Crippen molar-refractivity contribution >= 4 is 27.1 Å². The van der Waals surface area contributed by atoms with Gasteiger partial charge in [-0.1, -0.05) is 44.1 Å². The van der Waals surface area contributed by atoms with Gasteiger partial charge in [-0.2, -0.15) is 4.31 Å². The number of hydrogen-bond donors (Lipinski definition) is 0. The fraction of sp³-hybridized carbons (Fsp3) is 0.588. The van der Waals surface area contributed by atoms with E-state index in [1.54, 1.807) is 19.2 Å². The van der Waals surface area contributed by atoms with Gasteiger partial charge in [0.25, 0.3) is 0 Å². The van der Waals surface area contributed by atoms with E-state index in [9.17, 15) is 8.42 Å². The van der Waals surface area contributed by atoms with Gasteiger partial charge in [-0.05, 0) is 55.7 Å². The number of nitrogens with zero attached hydrogens (tertiary/aromatic N) is 1. The van der Waals surface area contributed by atoms with Crippen LogP contribution < -0.4 is 0 Å². The van der Waals surface area contributed by atoms with E-state index >= 15 is 0 Å². The van der Waals surface area contributed by atoms with E-state index in [1.165, 1.54) is 22.7 Å². The molecule has 0 spiro atoms. The molecular formula is C17H27NO2S2. The highest BCUT2D eigenvalue weighted by Gasteiger charge is 2.25. The van der Waals surface area contributed by atoms with E-state index in [4.69, 9.17) is 12.2 Å². The third kappa shape index (κ3) is 5.45. The van der Waals surface area contributed by atoms with E-state index in [0.717, 1.165) is 17.7 Å². The number of benzene rings is 1. The van der Waals surface area contributed by atoms with Crippen molar-refractivity contribution in [2.45, 2.75) is 63.8 Å². The first-order valence-electron chi connectivity index (χ1n) is 7.85. The Hall–Kier alpha value is -0.780. The zero-order chi connectivity index (χ0) is 16.8. The Bertz CT molecular complexity index is 579. The van der Waals surface area contributed by atoms with E-state index in [1.807, 2.05) is 26.0 Å². The average Bonchev–Trinajstić information content (AvgIpc) is 2.46. The molecule has 0 saturated heterocycles. The van der Waals surface area contributed by atoms with Crippen molar-refractivity contribution in [2.75, 3.05) is 7.05 Å². The molecule has 0 fully saturated rings. The Labute approximate surface area is 140 Å². The van der Waals surface area contributed by atoms with Crippen LogP contribution in [0, 0.1) is 0 Å². The number of aryl methyl sites for hydroxylation is 1. The summed E-state index contributed by atoms with van der Waals surface area (Å²) in [5.74, 6) is 0. The van der Waals surface area contributed by atoms with Crippen LogP contribution in [0.5, 0.6) is 0 Å². The number of sulfonamides is 1. The molecule has 5 heteroatoms. The van der Waals surface area contributed by atoms with E-state index in [0.29, 0.717) is 11.3 Å². The summed E-state index contributed by atoms with van der Waals surface area (Å²) in [6.07, 6.45) is 5.14. The summed E-state index contributed by atoms with van der Waals surface area (Å²) < 4.78 is 26.6. The zero-order valence-corrected chi connectivity index (χ0v) is 15.6. The van der Waals surface area contributed by atoms with Crippen molar-refractivity contribution in [1.82, 2.24) is 4.31 Å². The molecule has 0 saturated carbocycles. The highest BCUT2D eigenvalue weighted by molar-refractivity contribution is 7.89. The Morgan fingerprint density at radius 1 is 1.23 bits per heavy atom. The van der Waals surface area contributed by atoms with Crippen LogP contribution in [0.25, 0.3) is 0 Å². The lowest BCUT2D eigenvalue weighted by Crippen LogP contribution is -2.36. The van der Waals surface area contributed by atoms with Crippen LogP contribution in [0.15, 0.2) is 29.2 Å². The molecule has 0 aromatic heterocycles. The van der Waals surface area contributed by atoms with Gasteiger partial charge in [0.1, 0.15) is 0 Å². The molecule has 1 aromatic rings. The fourth-order valence-electron chi connectivity index (χ4n) is 2.35. The van der Waals surface area contributed by atoms with Crippen molar-refractivity contribution in [3.05, 3.63) is 29.8 Å². The van der Waals surface area contributed by atoms with Gasteiger partial charge in [0.2, 0.25) is 10.0 Å². The van der Waals surface area contributed by atoms with Gasteiger partial charge in [-0.15, -0.1) is 0 Å². The first kappa shape index (κ1) is 19.3. The summed E-state index contributed by atoms with van der Waals surface area (Å²) in [7, 11) is -1.83. The first-order valence-corrected chi connectivity index (χ1v) is 9.70. The van der Waals surface area contributed by atoms with Gasteiger partial charge in [0.05, 0.1) is 4.90 Å². The van der Waals surface area contributed by atoms with Gasteiger partial charge < -0.3 is 0 Å². The van der Waals surface area contributed by atoms with Crippen LogP contribution >= 0.6 is 12.2 Å². The summed E-state index contributed by atoms with van der Waals surface area (Å²) in [5, 5.41) is 0. The topological polar surface area (TPSA) is 37.4 Å². The monoisotopic (exact) mass is 341 g/mol. The summed E-state index contributed by atoms with van der Waals surface area (Å²) in [5.41, 5.74) is 1.19. The van der Waals surface area contributed by atoms with Crippen molar-refractivity contribution < 1.29 is 8.42 Å². The summed E-state index contributed by atoms with van der Waals surface area (Å²) in [6, 6.07) is 7.14. The third-order valence-corrected chi connectivity index (χ3v) is 6.03. The van der Waals surface area contributed by atoms with E-state index < -0.39 is 10.0 Å².